The number of ketones is 1. The number of carbonyl (C=O) groups excluding carboxylic acids is 2. The smallest absolute Gasteiger partial charge is 0.330 e. The van der Waals surface area contributed by atoms with Gasteiger partial charge in [0.05, 0.1) is 19.3 Å². The Labute approximate surface area is 190 Å². The highest BCUT2D eigenvalue weighted by Gasteiger charge is 2.10. The van der Waals surface area contributed by atoms with Crippen molar-refractivity contribution in [1.29, 1.82) is 0 Å². The van der Waals surface area contributed by atoms with Crippen molar-refractivity contribution in [3.05, 3.63) is 83.2 Å². The van der Waals surface area contributed by atoms with Crippen LogP contribution in [0.15, 0.2) is 72.0 Å². The number of hydrogen-bond donors (Lipinski definition) is 4. The van der Waals surface area contributed by atoms with E-state index in [4.69, 9.17) is 9.47 Å². The van der Waals surface area contributed by atoms with Crippen molar-refractivity contribution >= 4 is 23.9 Å². The highest BCUT2D eigenvalue weighted by molar-refractivity contribution is 6.09. The molecule has 0 unspecified atom stereocenters. The topological polar surface area (TPSA) is 134 Å². The van der Waals surface area contributed by atoms with Crippen LogP contribution in [0.1, 0.15) is 18.1 Å². The summed E-state index contributed by atoms with van der Waals surface area (Å²) in [7, 11) is 1.40. The average Bonchev–Trinajstić information content (AvgIpc) is 2.79. The lowest BCUT2D eigenvalue weighted by Crippen LogP contribution is -2.03. The van der Waals surface area contributed by atoms with Gasteiger partial charge in [-0.15, -0.1) is 0 Å². The summed E-state index contributed by atoms with van der Waals surface area (Å²) in [5.41, 5.74) is 0.815. The molecule has 0 aliphatic heterocycles. The van der Waals surface area contributed by atoms with E-state index >= 15 is 0 Å². The third kappa shape index (κ3) is 7.32. The zero-order valence-electron chi connectivity index (χ0n) is 18.1. The van der Waals surface area contributed by atoms with Gasteiger partial charge in [0.1, 0.15) is 5.76 Å². The van der Waals surface area contributed by atoms with Gasteiger partial charge in [0.25, 0.3) is 0 Å². The van der Waals surface area contributed by atoms with Gasteiger partial charge in [0.15, 0.2) is 28.8 Å². The molecule has 0 atom stereocenters. The molecule has 2 aromatic rings. The van der Waals surface area contributed by atoms with Crippen LogP contribution in [0.3, 0.4) is 0 Å². The molecule has 2 aromatic carbocycles. The van der Waals surface area contributed by atoms with Crippen LogP contribution in [0, 0.1) is 0 Å². The summed E-state index contributed by atoms with van der Waals surface area (Å²) in [6.07, 6.45) is 7.42. The first kappa shape index (κ1) is 24.8. The van der Waals surface area contributed by atoms with Crippen molar-refractivity contribution in [1.82, 2.24) is 0 Å². The number of phenols is 3. The molecule has 0 heterocycles. The van der Waals surface area contributed by atoms with Gasteiger partial charge in [-0.2, -0.15) is 0 Å². The normalized spacial score (nSPS) is 12.3. The van der Waals surface area contributed by atoms with Gasteiger partial charge in [0.2, 0.25) is 0 Å². The van der Waals surface area contributed by atoms with E-state index in [1.165, 1.54) is 61.7 Å². The molecule has 33 heavy (non-hydrogen) atoms. The molecule has 0 spiro atoms. The highest BCUT2D eigenvalue weighted by Crippen LogP contribution is 2.27. The predicted octanol–water partition coefficient (Wildman–Crippen LogP) is 4.04. The number of aromatic hydroxyl groups is 3. The Hall–Kier alpha value is -4.46. The molecule has 8 heteroatoms. The minimum atomic E-state index is -0.685. The zero-order chi connectivity index (χ0) is 24.4. The van der Waals surface area contributed by atoms with Gasteiger partial charge >= 0.3 is 5.97 Å². The van der Waals surface area contributed by atoms with E-state index < -0.39 is 17.5 Å². The second-order valence-corrected chi connectivity index (χ2v) is 6.59. The van der Waals surface area contributed by atoms with Crippen molar-refractivity contribution in [2.45, 2.75) is 6.92 Å². The van der Waals surface area contributed by atoms with Crippen molar-refractivity contribution in [3.63, 3.8) is 0 Å². The largest absolute Gasteiger partial charge is 0.507 e. The van der Waals surface area contributed by atoms with Crippen LogP contribution in [0.25, 0.3) is 12.2 Å². The fourth-order valence-electron chi connectivity index (χ4n) is 2.60. The molecule has 0 saturated heterocycles. The van der Waals surface area contributed by atoms with Crippen LogP contribution in [-0.2, 0) is 14.3 Å². The van der Waals surface area contributed by atoms with E-state index in [1.807, 2.05) is 0 Å². The van der Waals surface area contributed by atoms with Crippen LogP contribution < -0.4 is 4.74 Å². The number of esters is 1. The molecule has 2 rings (SSSR count). The average molecular weight is 452 g/mol. The van der Waals surface area contributed by atoms with E-state index in [2.05, 4.69) is 0 Å². The SMILES string of the molecule is CCOC(=O)/C=C/C(C(=O)/C=C/c1ccc(O)c(OC)c1)=C(O)/C=C/c1ccc(O)c(O)c1. The molecule has 0 radical (unpaired) electrons. The maximum absolute atomic E-state index is 12.8. The maximum atomic E-state index is 12.8. The number of aliphatic hydroxyl groups excluding tert-OH is 1. The van der Waals surface area contributed by atoms with Crippen LogP contribution in [0.4, 0.5) is 0 Å². The first-order valence-electron chi connectivity index (χ1n) is 9.82. The fourth-order valence-corrected chi connectivity index (χ4v) is 2.60. The minimum absolute atomic E-state index is 0.0537. The molecule has 8 nitrogen and oxygen atoms in total. The Morgan fingerprint density at radius 3 is 2.12 bits per heavy atom. The Morgan fingerprint density at radius 1 is 0.848 bits per heavy atom. The first-order valence-corrected chi connectivity index (χ1v) is 9.82. The summed E-state index contributed by atoms with van der Waals surface area (Å²) in [5, 5.41) is 39.1. The molecule has 0 aromatic heterocycles. The van der Waals surface area contributed by atoms with Gasteiger partial charge in [-0.1, -0.05) is 24.3 Å². The number of allylic oxidation sites excluding steroid dienone is 4. The molecule has 4 N–H and O–H groups in total. The van der Waals surface area contributed by atoms with Gasteiger partial charge in [0, 0.05) is 6.08 Å². The van der Waals surface area contributed by atoms with Crippen LogP contribution in [-0.4, -0.2) is 45.9 Å². The Morgan fingerprint density at radius 2 is 1.48 bits per heavy atom. The predicted molar refractivity (Wildman–Crippen MR) is 123 cm³/mol. The Bertz CT molecular complexity index is 1140. The van der Waals surface area contributed by atoms with Crippen molar-refractivity contribution < 1.29 is 39.5 Å². The molecular weight excluding hydrogens is 428 g/mol. The van der Waals surface area contributed by atoms with Crippen LogP contribution in [0.5, 0.6) is 23.0 Å². The zero-order valence-corrected chi connectivity index (χ0v) is 18.1. The van der Waals surface area contributed by atoms with E-state index in [1.54, 1.807) is 13.0 Å². The quantitative estimate of drug-likeness (QED) is 0.147. The summed E-state index contributed by atoms with van der Waals surface area (Å²) in [6, 6.07) is 8.54. The van der Waals surface area contributed by atoms with Gasteiger partial charge < -0.3 is 29.9 Å². The summed E-state index contributed by atoms with van der Waals surface area (Å²) in [4.78, 5) is 24.4. The molecule has 172 valence electrons. The maximum Gasteiger partial charge on any atom is 0.330 e. The van der Waals surface area contributed by atoms with Crippen molar-refractivity contribution in [2.75, 3.05) is 13.7 Å². The number of hydrogen-bond acceptors (Lipinski definition) is 8. The summed E-state index contributed by atoms with van der Waals surface area (Å²) >= 11 is 0. The Balaban J connectivity index is 2.36. The lowest BCUT2D eigenvalue weighted by molar-refractivity contribution is -0.137. The molecule has 0 fully saturated rings. The van der Waals surface area contributed by atoms with E-state index in [-0.39, 0.29) is 35.2 Å². The molecule has 0 saturated carbocycles. The second kappa shape index (κ2) is 11.8. The lowest BCUT2D eigenvalue weighted by atomic mass is 10.1. The molecular formula is C25H24O8. The number of rotatable bonds is 9. The fraction of sp³-hybridized carbons (Fsp3) is 0.120. The number of aliphatic hydroxyl groups is 1. The van der Waals surface area contributed by atoms with E-state index in [9.17, 15) is 30.0 Å². The minimum Gasteiger partial charge on any atom is -0.507 e. The van der Waals surface area contributed by atoms with Gasteiger partial charge in [-0.05, 0) is 60.5 Å². The van der Waals surface area contributed by atoms with Gasteiger partial charge in [-0.3, -0.25) is 4.79 Å². The Kier molecular flexibility index (Phi) is 8.87. The van der Waals surface area contributed by atoms with Gasteiger partial charge in [-0.25, -0.2) is 4.79 Å². The molecule has 0 bridgehead atoms. The highest BCUT2D eigenvalue weighted by atomic mass is 16.5. The summed E-state index contributed by atoms with van der Waals surface area (Å²) in [5.74, 6) is -2.20. The van der Waals surface area contributed by atoms with Crippen molar-refractivity contribution in [2.24, 2.45) is 0 Å². The van der Waals surface area contributed by atoms with Crippen LogP contribution in [0.2, 0.25) is 0 Å². The summed E-state index contributed by atoms with van der Waals surface area (Å²) < 4.78 is 9.84. The third-order valence-electron chi connectivity index (χ3n) is 4.28. The second-order valence-electron chi connectivity index (χ2n) is 6.59. The molecule has 0 aliphatic rings. The first-order chi connectivity index (χ1) is 15.7. The molecule has 0 aliphatic carbocycles. The standard InChI is InChI=1S/C25H24O8/c1-3-33-25(31)13-8-18(19(26)9-4-16-6-11-21(28)23(30)14-16)20(27)10-5-17-7-12-22(29)24(15-17)32-2/h4-15,26,28-30H,3H2,1-2H3/b9-4+,10-5+,13-8+,19-18+. The third-order valence-corrected chi connectivity index (χ3v) is 4.28. The number of carbonyl (C=O) groups is 2. The van der Waals surface area contributed by atoms with E-state index in [0.29, 0.717) is 11.1 Å². The number of ether oxygens (including phenoxy) is 2. The summed E-state index contributed by atoms with van der Waals surface area (Å²) in [6.45, 7) is 1.78. The van der Waals surface area contributed by atoms with Crippen LogP contribution >= 0.6 is 0 Å². The van der Waals surface area contributed by atoms with E-state index in [0.717, 1.165) is 12.2 Å². The lowest BCUT2D eigenvalue weighted by Gasteiger charge is -2.04. The number of phenolic OH excluding ortho intramolecular Hbond substituents is 3. The monoisotopic (exact) mass is 452 g/mol. The number of methoxy groups -OCH3 is 1. The molecule has 0 amide bonds. The van der Waals surface area contributed by atoms with Crippen molar-refractivity contribution in [3.8, 4) is 23.0 Å². The number of benzene rings is 2.